The fraction of sp³-hybridized carbons (Fsp3) is 0.500. The number of aliphatic imine (C=N–C) groups is 1. The van der Waals surface area contributed by atoms with Crippen molar-refractivity contribution in [1.29, 1.82) is 0 Å². The number of guanidine groups is 1. The average molecular weight is 524 g/mol. The Morgan fingerprint density at radius 3 is 2.43 bits per heavy atom. The Labute approximate surface area is 196 Å². The predicted octanol–water partition coefficient (Wildman–Crippen LogP) is 2.89. The third-order valence-corrected chi connectivity index (χ3v) is 5.33. The predicted molar refractivity (Wildman–Crippen MR) is 132 cm³/mol. The Kier molecular flexibility index (Phi) is 10.7. The van der Waals surface area contributed by atoms with Gasteiger partial charge in [-0.1, -0.05) is 31.4 Å². The van der Waals surface area contributed by atoms with E-state index in [9.17, 15) is 4.79 Å². The summed E-state index contributed by atoms with van der Waals surface area (Å²) in [5, 5.41) is 13.9. The molecule has 1 amide bonds. The van der Waals surface area contributed by atoms with Crippen LogP contribution in [-0.2, 0) is 11.2 Å². The van der Waals surface area contributed by atoms with E-state index in [4.69, 9.17) is 0 Å². The third kappa shape index (κ3) is 7.62. The van der Waals surface area contributed by atoms with Crippen molar-refractivity contribution in [3.05, 3.63) is 48.3 Å². The van der Waals surface area contributed by atoms with E-state index in [-0.39, 0.29) is 35.8 Å². The number of carbonyl (C=O) groups excluding carboxylic acids is 1. The number of hydrogen-bond donors (Lipinski definition) is 3. The molecule has 2 aromatic rings. The number of halogens is 1. The van der Waals surface area contributed by atoms with Gasteiger partial charge in [-0.25, -0.2) is 4.68 Å². The van der Waals surface area contributed by atoms with E-state index in [1.807, 2.05) is 16.9 Å². The van der Waals surface area contributed by atoms with Crippen molar-refractivity contribution in [2.24, 2.45) is 10.9 Å². The van der Waals surface area contributed by atoms with Gasteiger partial charge in [0.15, 0.2) is 5.96 Å². The van der Waals surface area contributed by atoms with Gasteiger partial charge in [0.1, 0.15) is 0 Å². The average Bonchev–Trinajstić information content (AvgIpc) is 3.31. The van der Waals surface area contributed by atoms with Gasteiger partial charge in [0.25, 0.3) is 0 Å². The van der Waals surface area contributed by atoms with E-state index >= 15 is 0 Å². The fourth-order valence-electron chi connectivity index (χ4n) is 3.66. The molecule has 1 aromatic carbocycles. The smallest absolute Gasteiger partial charge is 0.223 e. The molecule has 0 atom stereocenters. The number of benzene rings is 1. The van der Waals surface area contributed by atoms with Crippen LogP contribution in [0.3, 0.4) is 0 Å². The van der Waals surface area contributed by atoms with Crippen LogP contribution in [0.5, 0.6) is 0 Å². The largest absolute Gasteiger partial charge is 0.356 e. The maximum absolute atomic E-state index is 12.2. The molecule has 1 heterocycles. The number of hydrogen-bond acceptors (Lipinski definition) is 3. The molecule has 3 rings (SSSR count). The first kappa shape index (κ1) is 24.2. The minimum Gasteiger partial charge on any atom is -0.356 e. The van der Waals surface area contributed by atoms with E-state index in [0.717, 1.165) is 37.5 Å². The first-order valence-corrected chi connectivity index (χ1v) is 10.6. The molecular formula is C22H33IN6O. The molecule has 0 unspecified atom stereocenters. The van der Waals surface area contributed by atoms with Crippen LogP contribution >= 0.6 is 24.0 Å². The van der Waals surface area contributed by atoms with E-state index in [1.54, 1.807) is 13.2 Å². The van der Waals surface area contributed by atoms with Crippen LogP contribution in [0.1, 0.15) is 37.7 Å². The zero-order chi connectivity index (χ0) is 20.3. The molecule has 0 bridgehead atoms. The van der Waals surface area contributed by atoms with Crippen molar-refractivity contribution in [3.8, 4) is 5.69 Å². The van der Waals surface area contributed by atoms with Crippen LogP contribution in [0.15, 0.2) is 47.7 Å². The Morgan fingerprint density at radius 2 is 1.77 bits per heavy atom. The second kappa shape index (κ2) is 13.3. The highest BCUT2D eigenvalue weighted by Gasteiger charge is 2.20. The summed E-state index contributed by atoms with van der Waals surface area (Å²) >= 11 is 0. The minimum absolute atomic E-state index is 0. The van der Waals surface area contributed by atoms with E-state index in [2.05, 4.69) is 50.3 Å². The van der Waals surface area contributed by atoms with Crippen molar-refractivity contribution in [2.45, 2.75) is 38.5 Å². The van der Waals surface area contributed by atoms with Crippen LogP contribution < -0.4 is 16.0 Å². The van der Waals surface area contributed by atoms with Crippen molar-refractivity contribution in [2.75, 3.05) is 26.7 Å². The summed E-state index contributed by atoms with van der Waals surface area (Å²) in [6.45, 7) is 2.07. The van der Waals surface area contributed by atoms with Gasteiger partial charge in [-0.3, -0.25) is 9.79 Å². The molecule has 8 heteroatoms. The van der Waals surface area contributed by atoms with Crippen LogP contribution in [0, 0.1) is 5.92 Å². The molecule has 0 radical (unpaired) electrons. The van der Waals surface area contributed by atoms with Gasteiger partial charge < -0.3 is 16.0 Å². The summed E-state index contributed by atoms with van der Waals surface area (Å²) in [7, 11) is 1.76. The highest BCUT2D eigenvalue weighted by atomic mass is 127. The molecule has 7 nitrogen and oxygen atoms in total. The van der Waals surface area contributed by atoms with Gasteiger partial charge >= 0.3 is 0 Å². The number of rotatable bonds is 8. The Hall–Kier alpha value is -2.10. The molecule has 3 N–H and O–H groups in total. The monoisotopic (exact) mass is 524 g/mol. The number of nitrogens with zero attached hydrogens (tertiary/aromatic N) is 3. The van der Waals surface area contributed by atoms with Crippen molar-refractivity contribution in [1.82, 2.24) is 25.7 Å². The van der Waals surface area contributed by atoms with Gasteiger partial charge in [-0.15, -0.1) is 24.0 Å². The van der Waals surface area contributed by atoms with Crippen LogP contribution in [0.4, 0.5) is 0 Å². The van der Waals surface area contributed by atoms with E-state index < -0.39 is 0 Å². The maximum atomic E-state index is 12.2. The summed E-state index contributed by atoms with van der Waals surface area (Å²) in [4.78, 5) is 16.4. The molecule has 1 saturated carbocycles. The minimum atomic E-state index is 0. The molecule has 1 aliphatic carbocycles. The maximum Gasteiger partial charge on any atom is 0.223 e. The summed E-state index contributed by atoms with van der Waals surface area (Å²) in [5.74, 6) is 1.17. The molecular weight excluding hydrogens is 491 g/mol. The first-order chi connectivity index (χ1) is 14.3. The Balaban J connectivity index is 0.00000320. The van der Waals surface area contributed by atoms with Gasteiger partial charge in [0, 0.05) is 45.0 Å². The zero-order valence-corrected chi connectivity index (χ0v) is 20.0. The lowest BCUT2D eigenvalue weighted by atomic mass is 9.89. The molecule has 0 spiro atoms. The van der Waals surface area contributed by atoms with Crippen molar-refractivity contribution < 1.29 is 4.79 Å². The lowest BCUT2D eigenvalue weighted by Gasteiger charge is -2.21. The summed E-state index contributed by atoms with van der Waals surface area (Å²) in [6, 6.07) is 10.3. The normalized spacial score (nSPS) is 14.6. The second-order valence-electron chi connectivity index (χ2n) is 7.42. The van der Waals surface area contributed by atoms with Gasteiger partial charge in [-0.05, 0) is 43.0 Å². The number of carbonyl (C=O) groups is 1. The first-order valence-electron chi connectivity index (χ1n) is 10.6. The Bertz CT molecular complexity index is 769. The molecule has 1 fully saturated rings. The van der Waals surface area contributed by atoms with Crippen LogP contribution in [-0.4, -0.2) is 48.3 Å². The summed E-state index contributed by atoms with van der Waals surface area (Å²) < 4.78 is 1.85. The summed E-state index contributed by atoms with van der Waals surface area (Å²) in [5.41, 5.74) is 2.31. The zero-order valence-electron chi connectivity index (χ0n) is 17.6. The number of amides is 1. The van der Waals surface area contributed by atoms with E-state index in [0.29, 0.717) is 13.1 Å². The van der Waals surface area contributed by atoms with Crippen molar-refractivity contribution in [3.63, 3.8) is 0 Å². The standard InChI is InChI=1S/C22H32N6O.HI/c1-23-22(26-16-15-24-21(29)19-6-3-2-4-7-19)25-14-12-18-8-10-20(11-9-18)28-17-5-13-27-28;/h5,8-11,13,17,19H,2-4,6-7,12,14-16H2,1H3,(H,24,29)(H2,23,25,26);1H. The lowest BCUT2D eigenvalue weighted by molar-refractivity contribution is -0.125. The Morgan fingerprint density at radius 1 is 1.07 bits per heavy atom. The topological polar surface area (TPSA) is 83.3 Å². The highest BCUT2D eigenvalue weighted by Crippen LogP contribution is 2.23. The van der Waals surface area contributed by atoms with Gasteiger partial charge in [0.05, 0.1) is 5.69 Å². The molecule has 1 aromatic heterocycles. The molecule has 0 aliphatic heterocycles. The number of aromatic nitrogens is 2. The van der Waals surface area contributed by atoms with Crippen molar-refractivity contribution >= 4 is 35.8 Å². The number of nitrogens with one attached hydrogen (secondary N) is 3. The molecule has 1 aliphatic rings. The fourth-order valence-corrected chi connectivity index (χ4v) is 3.66. The highest BCUT2D eigenvalue weighted by molar-refractivity contribution is 14.0. The quantitative estimate of drug-likeness (QED) is 0.215. The lowest BCUT2D eigenvalue weighted by Crippen LogP contribution is -2.43. The molecule has 0 saturated heterocycles. The van der Waals surface area contributed by atoms with Crippen LogP contribution in [0.2, 0.25) is 0 Å². The van der Waals surface area contributed by atoms with E-state index in [1.165, 1.54) is 24.8 Å². The molecule has 164 valence electrons. The van der Waals surface area contributed by atoms with Gasteiger partial charge in [0.2, 0.25) is 5.91 Å². The third-order valence-electron chi connectivity index (χ3n) is 5.33. The van der Waals surface area contributed by atoms with Gasteiger partial charge in [-0.2, -0.15) is 5.10 Å². The SMILES string of the molecule is CN=C(NCCNC(=O)C1CCCCC1)NCCc1ccc(-n2cccn2)cc1.I. The second-order valence-corrected chi connectivity index (χ2v) is 7.42. The summed E-state index contributed by atoms with van der Waals surface area (Å²) in [6.07, 6.45) is 10.3. The van der Waals surface area contributed by atoms with Crippen LogP contribution in [0.25, 0.3) is 5.69 Å². The molecule has 30 heavy (non-hydrogen) atoms.